The standard InChI is InChI=1S/C17H23N5O/c1-18-17(19-8-7-13-10-21-22(2)12-13)20-11-15-9-14-5-3-4-6-16(14)23-15/h3-6,10,12,15H,7-9,11H2,1-2H3,(H2,18,19,20). The van der Waals surface area contributed by atoms with Crippen molar-refractivity contribution >= 4 is 5.96 Å². The molecule has 6 nitrogen and oxygen atoms in total. The Kier molecular flexibility index (Phi) is 4.80. The van der Waals surface area contributed by atoms with Gasteiger partial charge in [0, 0.05) is 33.3 Å². The van der Waals surface area contributed by atoms with E-state index in [0.29, 0.717) is 0 Å². The van der Waals surface area contributed by atoms with Gasteiger partial charge in [-0.15, -0.1) is 0 Å². The van der Waals surface area contributed by atoms with Crippen molar-refractivity contribution in [1.82, 2.24) is 20.4 Å². The highest BCUT2D eigenvalue weighted by Crippen LogP contribution is 2.27. The van der Waals surface area contributed by atoms with E-state index in [0.717, 1.165) is 37.6 Å². The summed E-state index contributed by atoms with van der Waals surface area (Å²) in [6.07, 6.45) is 5.93. The molecule has 0 radical (unpaired) electrons. The van der Waals surface area contributed by atoms with Crippen LogP contribution in [-0.4, -0.2) is 42.0 Å². The maximum absolute atomic E-state index is 5.92. The van der Waals surface area contributed by atoms with Crippen LogP contribution in [0.1, 0.15) is 11.1 Å². The number of nitrogens with one attached hydrogen (secondary N) is 2. The second kappa shape index (κ2) is 7.17. The molecule has 2 N–H and O–H groups in total. The molecule has 1 atom stereocenters. The molecule has 2 heterocycles. The molecular formula is C17H23N5O. The molecule has 0 aliphatic carbocycles. The highest BCUT2D eigenvalue weighted by Gasteiger charge is 2.22. The van der Waals surface area contributed by atoms with Gasteiger partial charge in [-0.3, -0.25) is 9.67 Å². The SMILES string of the molecule is CN=C(NCCc1cnn(C)c1)NCC1Cc2ccccc2O1. The van der Waals surface area contributed by atoms with Crippen molar-refractivity contribution in [2.45, 2.75) is 18.9 Å². The first kappa shape index (κ1) is 15.4. The Labute approximate surface area is 136 Å². The number of hydrogen-bond donors (Lipinski definition) is 2. The number of aromatic nitrogens is 2. The number of benzene rings is 1. The maximum atomic E-state index is 5.92. The zero-order valence-corrected chi connectivity index (χ0v) is 13.6. The molecule has 1 aromatic heterocycles. The Morgan fingerprint density at radius 1 is 1.39 bits per heavy atom. The summed E-state index contributed by atoms with van der Waals surface area (Å²) in [4.78, 5) is 4.25. The highest BCUT2D eigenvalue weighted by molar-refractivity contribution is 5.79. The van der Waals surface area contributed by atoms with E-state index < -0.39 is 0 Å². The van der Waals surface area contributed by atoms with Crippen LogP contribution in [0.4, 0.5) is 0 Å². The van der Waals surface area contributed by atoms with E-state index in [4.69, 9.17) is 4.74 Å². The van der Waals surface area contributed by atoms with Gasteiger partial charge in [0.15, 0.2) is 5.96 Å². The van der Waals surface area contributed by atoms with Crippen LogP contribution in [0, 0.1) is 0 Å². The molecule has 0 saturated heterocycles. The molecule has 0 amide bonds. The average molecular weight is 313 g/mol. The summed E-state index contributed by atoms with van der Waals surface area (Å²) in [7, 11) is 3.71. The lowest BCUT2D eigenvalue weighted by molar-refractivity contribution is 0.235. The number of fused-ring (bicyclic) bond motifs is 1. The predicted octanol–water partition coefficient (Wildman–Crippen LogP) is 1.13. The Morgan fingerprint density at radius 3 is 3.00 bits per heavy atom. The van der Waals surface area contributed by atoms with Crippen molar-refractivity contribution in [3.05, 3.63) is 47.8 Å². The van der Waals surface area contributed by atoms with Crippen LogP contribution in [0.2, 0.25) is 0 Å². The van der Waals surface area contributed by atoms with Crippen LogP contribution in [0.3, 0.4) is 0 Å². The number of nitrogens with zero attached hydrogens (tertiary/aromatic N) is 3. The van der Waals surface area contributed by atoms with Crippen LogP contribution in [0.5, 0.6) is 5.75 Å². The molecule has 1 unspecified atom stereocenters. The normalized spacial score (nSPS) is 16.8. The minimum absolute atomic E-state index is 0.157. The highest BCUT2D eigenvalue weighted by atomic mass is 16.5. The van der Waals surface area contributed by atoms with Crippen molar-refractivity contribution in [2.24, 2.45) is 12.0 Å². The summed E-state index contributed by atoms with van der Waals surface area (Å²) in [6, 6.07) is 8.21. The van der Waals surface area contributed by atoms with Crippen molar-refractivity contribution < 1.29 is 4.74 Å². The first-order valence-electron chi connectivity index (χ1n) is 7.91. The van der Waals surface area contributed by atoms with Crippen LogP contribution in [-0.2, 0) is 19.9 Å². The van der Waals surface area contributed by atoms with Crippen molar-refractivity contribution in [1.29, 1.82) is 0 Å². The Hall–Kier alpha value is -2.50. The number of para-hydroxylation sites is 1. The van der Waals surface area contributed by atoms with E-state index in [2.05, 4.69) is 32.9 Å². The Bertz CT molecular complexity index is 654. The van der Waals surface area contributed by atoms with Crippen LogP contribution >= 0.6 is 0 Å². The topological polar surface area (TPSA) is 63.5 Å². The van der Waals surface area contributed by atoms with E-state index in [1.807, 2.05) is 36.3 Å². The molecule has 0 saturated carbocycles. The van der Waals surface area contributed by atoms with Crippen LogP contribution in [0.15, 0.2) is 41.7 Å². The minimum Gasteiger partial charge on any atom is -0.488 e. The minimum atomic E-state index is 0.157. The summed E-state index contributed by atoms with van der Waals surface area (Å²) in [5, 5.41) is 10.8. The fraction of sp³-hybridized carbons (Fsp3) is 0.412. The first-order chi connectivity index (χ1) is 11.2. The van der Waals surface area contributed by atoms with Gasteiger partial charge in [-0.25, -0.2) is 0 Å². The van der Waals surface area contributed by atoms with Crippen molar-refractivity contribution in [3.8, 4) is 5.75 Å². The Balaban J connectivity index is 1.40. The number of aryl methyl sites for hydroxylation is 1. The quantitative estimate of drug-likeness (QED) is 0.642. The van der Waals surface area contributed by atoms with E-state index in [1.165, 1.54) is 11.1 Å². The molecular weight excluding hydrogens is 290 g/mol. The fourth-order valence-corrected chi connectivity index (χ4v) is 2.73. The lowest BCUT2D eigenvalue weighted by Gasteiger charge is -2.15. The number of guanidine groups is 1. The first-order valence-corrected chi connectivity index (χ1v) is 7.91. The lowest BCUT2D eigenvalue weighted by atomic mass is 10.1. The third kappa shape index (κ3) is 4.03. The third-order valence-corrected chi connectivity index (χ3v) is 3.90. The molecule has 1 aliphatic rings. The number of ether oxygens (including phenoxy) is 1. The van der Waals surface area contributed by atoms with Gasteiger partial charge in [-0.2, -0.15) is 5.10 Å². The second-order valence-corrected chi connectivity index (χ2v) is 5.70. The summed E-state index contributed by atoms with van der Waals surface area (Å²) in [5.74, 6) is 1.80. The number of rotatable bonds is 5. The summed E-state index contributed by atoms with van der Waals surface area (Å²) in [6.45, 7) is 1.55. The third-order valence-electron chi connectivity index (χ3n) is 3.90. The van der Waals surface area contributed by atoms with Gasteiger partial charge >= 0.3 is 0 Å². The number of hydrogen-bond acceptors (Lipinski definition) is 3. The zero-order chi connectivity index (χ0) is 16.1. The molecule has 0 fully saturated rings. The van der Waals surface area contributed by atoms with Gasteiger partial charge in [0.1, 0.15) is 11.9 Å². The molecule has 0 bridgehead atoms. The zero-order valence-electron chi connectivity index (χ0n) is 13.6. The van der Waals surface area contributed by atoms with Crippen molar-refractivity contribution in [2.75, 3.05) is 20.1 Å². The fourth-order valence-electron chi connectivity index (χ4n) is 2.73. The van der Waals surface area contributed by atoms with E-state index in [1.54, 1.807) is 7.05 Å². The second-order valence-electron chi connectivity index (χ2n) is 5.70. The smallest absolute Gasteiger partial charge is 0.191 e. The van der Waals surface area contributed by atoms with E-state index in [-0.39, 0.29) is 6.10 Å². The van der Waals surface area contributed by atoms with E-state index in [9.17, 15) is 0 Å². The molecule has 3 rings (SSSR count). The molecule has 2 aromatic rings. The number of aliphatic imine (C=N–C) groups is 1. The van der Waals surface area contributed by atoms with Gasteiger partial charge in [-0.05, 0) is 23.6 Å². The maximum Gasteiger partial charge on any atom is 0.191 e. The largest absolute Gasteiger partial charge is 0.488 e. The molecule has 1 aliphatic heterocycles. The molecule has 122 valence electrons. The molecule has 6 heteroatoms. The lowest BCUT2D eigenvalue weighted by Crippen LogP contribution is -2.42. The summed E-state index contributed by atoms with van der Waals surface area (Å²) in [5.41, 5.74) is 2.49. The summed E-state index contributed by atoms with van der Waals surface area (Å²) >= 11 is 0. The van der Waals surface area contributed by atoms with E-state index >= 15 is 0 Å². The van der Waals surface area contributed by atoms with Crippen LogP contribution < -0.4 is 15.4 Å². The van der Waals surface area contributed by atoms with Gasteiger partial charge in [0.2, 0.25) is 0 Å². The molecule has 23 heavy (non-hydrogen) atoms. The van der Waals surface area contributed by atoms with Gasteiger partial charge < -0.3 is 15.4 Å². The summed E-state index contributed by atoms with van der Waals surface area (Å²) < 4.78 is 7.74. The molecule has 0 spiro atoms. The predicted molar refractivity (Wildman–Crippen MR) is 90.8 cm³/mol. The van der Waals surface area contributed by atoms with Crippen LogP contribution in [0.25, 0.3) is 0 Å². The van der Waals surface area contributed by atoms with Crippen molar-refractivity contribution in [3.63, 3.8) is 0 Å². The monoisotopic (exact) mass is 313 g/mol. The van der Waals surface area contributed by atoms with Gasteiger partial charge in [0.25, 0.3) is 0 Å². The van der Waals surface area contributed by atoms with Gasteiger partial charge in [-0.1, -0.05) is 18.2 Å². The van der Waals surface area contributed by atoms with Gasteiger partial charge in [0.05, 0.1) is 12.7 Å². The Morgan fingerprint density at radius 2 is 2.26 bits per heavy atom. The molecule has 1 aromatic carbocycles. The average Bonchev–Trinajstić information content (AvgIpc) is 3.16.